The van der Waals surface area contributed by atoms with Crippen LogP contribution in [-0.2, 0) is 0 Å². The van der Waals surface area contributed by atoms with Gasteiger partial charge in [0.25, 0.3) is 5.91 Å². The molecule has 1 N–H and O–H groups in total. The highest BCUT2D eigenvalue weighted by Gasteiger charge is 2.23. The summed E-state index contributed by atoms with van der Waals surface area (Å²) in [5.74, 6) is 0.00319. The quantitative estimate of drug-likeness (QED) is 0.477. The molecule has 0 aliphatic rings. The van der Waals surface area contributed by atoms with E-state index in [1.165, 1.54) is 25.3 Å². The summed E-state index contributed by atoms with van der Waals surface area (Å²) in [4.78, 5) is 22.5. The SMILES string of the molecule is CCC(CCCl)NC(=O)c1cccc([N+](=O)[O-])c1OC. The van der Waals surface area contributed by atoms with E-state index < -0.39 is 10.8 Å². The molecule has 0 saturated carbocycles. The molecule has 7 heteroatoms. The van der Waals surface area contributed by atoms with Gasteiger partial charge in [-0.2, -0.15) is 0 Å². The van der Waals surface area contributed by atoms with Gasteiger partial charge in [-0.05, 0) is 18.9 Å². The predicted octanol–water partition coefficient (Wildman–Crippen LogP) is 2.74. The fourth-order valence-corrected chi connectivity index (χ4v) is 2.10. The molecule has 20 heavy (non-hydrogen) atoms. The van der Waals surface area contributed by atoms with Crippen LogP contribution in [0.5, 0.6) is 5.75 Å². The van der Waals surface area contributed by atoms with E-state index in [2.05, 4.69) is 5.32 Å². The molecular formula is C13H17ClN2O4. The molecule has 1 aromatic carbocycles. The molecule has 1 aromatic rings. The first-order valence-electron chi connectivity index (χ1n) is 6.23. The highest BCUT2D eigenvalue weighted by molar-refractivity contribution is 6.17. The Labute approximate surface area is 122 Å². The number of carbonyl (C=O) groups is 1. The molecule has 1 rings (SSSR count). The lowest BCUT2D eigenvalue weighted by molar-refractivity contribution is -0.385. The minimum Gasteiger partial charge on any atom is -0.490 e. The Hall–Kier alpha value is -1.82. The van der Waals surface area contributed by atoms with Crippen molar-refractivity contribution in [2.24, 2.45) is 0 Å². The lowest BCUT2D eigenvalue weighted by atomic mass is 10.1. The Morgan fingerprint density at radius 1 is 1.55 bits per heavy atom. The van der Waals surface area contributed by atoms with E-state index in [0.29, 0.717) is 12.3 Å². The van der Waals surface area contributed by atoms with Crippen LogP contribution in [0.15, 0.2) is 18.2 Å². The average Bonchev–Trinajstić information content (AvgIpc) is 2.45. The van der Waals surface area contributed by atoms with Gasteiger partial charge >= 0.3 is 5.69 Å². The molecule has 0 heterocycles. The number of hydrogen-bond acceptors (Lipinski definition) is 4. The number of para-hydroxylation sites is 1. The summed E-state index contributed by atoms with van der Waals surface area (Å²) in [6.07, 6.45) is 1.37. The smallest absolute Gasteiger partial charge is 0.311 e. The van der Waals surface area contributed by atoms with Crippen LogP contribution in [0.3, 0.4) is 0 Å². The minimum atomic E-state index is -0.578. The van der Waals surface area contributed by atoms with Gasteiger partial charge in [-0.15, -0.1) is 11.6 Å². The zero-order valence-electron chi connectivity index (χ0n) is 11.4. The van der Waals surface area contributed by atoms with Crippen LogP contribution in [-0.4, -0.2) is 29.9 Å². The van der Waals surface area contributed by atoms with E-state index in [-0.39, 0.29) is 23.0 Å². The Balaban J connectivity index is 3.03. The number of nitrogens with one attached hydrogen (secondary N) is 1. The largest absolute Gasteiger partial charge is 0.490 e. The van der Waals surface area contributed by atoms with Crippen molar-refractivity contribution in [2.45, 2.75) is 25.8 Å². The van der Waals surface area contributed by atoms with Crippen molar-refractivity contribution >= 4 is 23.2 Å². The van der Waals surface area contributed by atoms with Crippen LogP contribution >= 0.6 is 11.6 Å². The van der Waals surface area contributed by atoms with Crippen molar-refractivity contribution in [3.05, 3.63) is 33.9 Å². The molecule has 0 aliphatic carbocycles. The van der Waals surface area contributed by atoms with Crippen LogP contribution in [0, 0.1) is 10.1 Å². The van der Waals surface area contributed by atoms with Crippen molar-refractivity contribution in [1.29, 1.82) is 0 Å². The highest BCUT2D eigenvalue weighted by atomic mass is 35.5. The molecule has 6 nitrogen and oxygen atoms in total. The third-order valence-electron chi connectivity index (χ3n) is 2.93. The number of nitro groups is 1. The third kappa shape index (κ3) is 3.84. The molecule has 0 fully saturated rings. The summed E-state index contributed by atoms with van der Waals surface area (Å²) in [5.41, 5.74) is -0.0831. The number of nitro benzene ring substituents is 1. The first kappa shape index (κ1) is 16.2. The van der Waals surface area contributed by atoms with Crippen LogP contribution in [0.25, 0.3) is 0 Å². The van der Waals surface area contributed by atoms with E-state index in [4.69, 9.17) is 16.3 Å². The first-order chi connectivity index (χ1) is 9.54. The summed E-state index contributed by atoms with van der Waals surface area (Å²) < 4.78 is 5.01. The number of hydrogen-bond donors (Lipinski definition) is 1. The first-order valence-corrected chi connectivity index (χ1v) is 6.76. The van der Waals surface area contributed by atoms with E-state index >= 15 is 0 Å². The van der Waals surface area contributed by atoms with Gasteiger partial charge in [-0.25, -0.2) is 0 Å². The van der Waals surface area contributed by atoms with E-state index in [1.54, 1.807) is 0 Å². The second-order valence-electron chi connectivity index (χ2n) is 4.17. The molecule has 110 valence electrons. The Kier molecular flexibility index (Phi) is 6.24. The summed E-state index contributed by atoms with van der Waals surface area (Å²) >= 11 is 5.66. The molecular weight excluding hydrogens is 284 g/mol. The molecule has 0 aromatic heterocycles. The van der Waals surface area contributed by atoms with Gasteiger partial charge in [0.2, 0.25) is 5.75 Å². The highest BCUT2D eigenvalue weighted by Crippen LogP contribution is 2.30. The zero-order chi connectivity index (χ0) is 15.1. The van der Waals surface area contributed by atoms with Crippen molar-refractivity contribution in [2.75, 3.05) is 13.0 Å². The Morgan fingerprint density at radius 3 is 2.75 bits per heavy atom. The summed E-state index contributed by atoms with van der Waals surface area (Å²) in [6.45, 7) is 1.93. The van der Waals surface area contributed by atoms with Crippen LogP contribution in [0.2, 0.25) is 0 Å². The van der Waals surface area contributed by atoms with Crippen molar-refractivity contribution in [1.82, 2.24) is 5.32 Å². The Morgan fingerprint density at radius 2 is 2.25 bits per heavy atom. The number of methoxy groups -OCH3 is 1. The predicted molar refractivity (Wildman–Crippen MR) is 76.5 cm³/mol. The second kappa shape index (κ2) is 7.69. The molecule has 0 bridgehead atoms. The molecule has 0 aliphatic heterocycles. The number of benzene rings is 1. The van der Waals surface area contributed by atoms with Gasteiger partial charge in [0, 0.05) is 18.0 Å². The molecule has 0 spiro atoms. The number of carbonyl (C=O) groups excluding carboxylic acids is 1. The summed E-state index contributed by atoms with van der Waals surface area (Å²) in [7, 11) is 1.30. The number of rotatable bonds is 7. The van der Waals surface area contributed by atoms with Gasteiger partial charge in [-0.1, -0.05) is 13.0 Å². The lowest BCUT2D eigenvalue weighted by Gasteiger charge is -2.16. The van der Waals surface area contributed by atoms with Crippen LogP contribution in [0.1, 0.15) is 30.1 Å². The number of amides is 1. The van der Waals surface area contributed by atoms with Crippen molar-refractivity contribution < 1.29 is 14.5 Å². The summed E-state index contributed by atoms with van der Waals surface area (Å²) in [5, 5.41) is 13.7. The molecule has 1 amide bonds. The normalized spacial score (nSPS) is 11.8. The van der Waals surface area contributed by atoms with Gasteiger partial charge in [0.1, 0.15) is 0 Å². The van der Waals surface area contributed by atoms with Gasteiger partial charge < -0.3 is 10.1 Å². The maximum atomic E-state index is 12.2. The number of nitrogens with zero attached hydrogens (tertiary/aromatic N) is 1. The number of alkyl halides is 1. The number of halogens is 1. The zero-order valence-corrected chi connectivity index (χ0v) is 12.1. The standard InChI is InChI=1S/C13H17ClN2O4/c1-3-9(7-8-14)15-13(17)10-5-4-6-11(16(18)19)12(10)20-2/h4-6,9H,3,7-8H2,1-2H3,(H,15,17). The molecule has 0 saturated heterocycles. The third-order valence-corrected chi connectivity index (χ3v) is 3.14. The minimum absolute atomic E-state index is 0.0317. The van der Waals surface area contributed by atoms with E-state index in [9.17, 15) is 14.9 Å². The van der Waals surface area contributed by atoms with Crippen molar-refractivity contribution in [3.63, 3.8) is 0 Å². The average molecular weight is 301 g/mol. The fourth-order valence-electron chi connectivity index (χ4n) is 1.84. The topological polar surface area (TPSA) is 81.5 Å². The van der Waals surface area contributed by atoms with E-state index in [0.717, 1.165) is 6.42 Å². The van der Waals surface area contributed by atoms with Crippen LogP contribution in [0.4, 0.5) is 5.69 Å². The number of ether oxygens (including phenoxy) is 1. The maximum Gasteiger partial charge on any atom is 0.311 e. The lowest BCUT2D eigenvalue weighted by Crippen LogP contribution is -2.34. The summed E-state index contributed by atoms with van der Waals surface area (Å²) in [6, 6.07) is 4.18. The second-order valence-corrected chi connectivity index (χ2v) is 4.55. The Bertz CT molecular complexity index is 493. The maximum absolute atomic E-state index is 12.2. The van der Waals surface area contributed by atoms with Crippen molar-refractivity contribution in [3.8, 4) is 5.75 Å². The molecule has 1 unspecified atom stereocenters. The molecule has 0 radical (unpaired) electrons. The monoisotopic (exact) mass is 300 g/mol. The van der Waals surface area contributed by atoms with Gasteiger partial charge in [-0.3, -0.25) is 14.9 Å². The molecule has 1 atom stereocenters. The van der Waals surface area contributed by atoms with Crippen LogP contribution < -0.4 is 10.1 Å². The van der Waals surface area contributed by atoms with Gasteiger partial charge in [0.05, 0.1) is 17.6 Å². The van der Waals surface area contributed by atoms with E-state index in [1.807, 2.05) is 6.92 Å². The van der Waals surface area contributed by atoms with Gasteiger partial charge in [0.15, 0.2) is 0 Å². The fraction of sp³-hybridized carbons (Fsp3) is 0.462.